The summed E-state index contributed by atoms with van der Waals surface area (Å²) >= 11 is 0. The molecule has 0 amide bonds. The summed E-state index contributed by atoms with van der Waals surface area (Å²) in [6, 6.07) is 15.1. The van der Waals surface area contributed by atoms with Crippen LogP contribution in [0.4, 0.5) is 13.2 Å². The molecule has 2 aliphatic rings. The molecule has 5 rings (SSSR count). The number of rotatable bonds is 10. The Balaban J connectivity index is 1.21. The molecule has 2 aliphatic carbocycles. The van der Waals surface area contributed by atoms with Gasteiger partial charge in [-0.3, -0.25) is 0 Å². The highest BCUT2D eigenvalue weighted by atomic mass is 19.2. The van der Waals surface area contributed by atoms with E-state index in [4.69, 9.17) is 9.84 Å². The fraction of sp³-hybridized carbons (Fsp3) is 0.351. The van der Waals surface area contributed by atoms with Crippen LogP contribution in [0.25, 0.3) is 27.8 Å². The van der Waals surface area contributed by atoms with Gasteiger partial charge in [0.2, 0.25) is 5.82 Å². The topological polar surface area (TPSA) is 29.5 Å². The Hall–Kier alpha value is -3.73. The smallest absolute Gasteiger partial charge is 0.201 e. The first-order valence-electron chi connectivity index (χ1n) is 15.1. The average Bonchev–Trinajstić information content (AvgIpc) is 3.02. The summed E-state index contributed by atoms with van der Waals surface area (Å²) in [7, 11) is 0. The van der Waals surface area contributed by atoms with Crippen LogP contribution in [0, 0.1) is 35.2 Å². The van der Waals surface area contributed by atoms with Crippen LogP contribution in [0.15, 0.2) is 85.7 Å². The summed E-state index contributed by atoms with van der Waals surface area (Å²) in [5, 5.41) is 8.84. The highest BCUT2D eigenvalue weighted by molar-refractivity contribution is 5.74. The molecule has 42 heavy (non-hydrogen) atoms. The van der Waals surface area contributed by atoms with Crippen molar-refractivity contribution in [2.45, 2.75) is 57.8 Å². The number of hydrogen-bond acceptors (Lipinski definition) is 2. The average molecular weight is 573 g/mol. The van der Waals surface area contributed by atoms with Crippen molar-refractivity contribution < 1.29 is 23.0 Å². The summed E-state index contributed by atoms with van der Waals surface area (Å²) in [4.78, 5) is 0. The first kappa shape index (κ1) is 29.8. The summed E-state index contributed by atoms with van der Waals surface area (Å²) in [6.07, 6.45) is 17.3. The van der Waals surface area contributed by atoms with Gasteiger partial charge in [0.25, 0.3) is 0 Å². The van der Waals surface area contributed by atoms with Gasteiger partial charge < -0.3 is 9.84 Å². The van der Waals surface area contributed by atoms with Gasteiger partial charge in [-0.1, -0.05) is 74.0 Å². The molecule has 1 atom stereocenters. The van der Waals surface area contributed by atoms with Crippen molar-refractivity contribution in [3.05, 3.63) is 109 Å². The molecule has 1 N–H and O–H groups in total. The molecule has 2 nitrogen and oxygen atoms in total. The zero-order valence-electron chi connectivity index (χ0n) is 24.0. The normalized spacial score (nSPS) is 20.8. The SMILES string of the molecule is C=CCOc1ccc(-c2ccc(-c3ccc(C4=CCC(C5CCC(CC/C=C/O)CC5)CC4)cc3F)cc2)c(F)c1F. The van der Waals surface area contributed by atoms with Crippen LogP contribution >= 0.6 is 0 Å². The number of aliphatic hydroxyl groups is 1. The van der Waals surface area contributed by atoms with E-state index in [1.807, 2.05) is 18.2 Å². The minimum Gasteiger partial charge on any atom is -0.516 e. The van der Waals surface area contributed by atoms with E-state index in [2.05, 4.69) is 12.7 Å². The molecule has 5 heteroatoms. The standard InChI is InChI=1S/C37H39F3O2/c1-2-23-42-35-21-20-33(36(39)37(35)40)30-16-14-29(15-17-30)32-19-18-31(24-34(32)38)28-12-10-27(11-13-28)26-8-6-25(7-9-26)5-3-4-22-41/h2,4,12,14-22,24-27,41H,1,3,5-11,13,23H2/b22-4+. The molecular weight excluding hydrogens is 533 g/mol. The van der Waals surface area contributed by atoms with Crippen LogP contribution in [0.1, 0.15) is 63.4 Å². The quantitative estimate of drug-likeness (QED) is 0.193. The molecule has 0 heterocycles. The number of aliphatic hydroxyl groups excluding tert-OH is 1. The second-order valence-corrected chi connectivity index (χ2v) is 11.6. The summed E-state index contributed by atoms with van der Waals surface area (Å²) in [5.41, 5.74) is 3.92. The maximum atomic E-state index is 15.3. The number of ether oxygens (including phenoxy) is 1. The van der Waals surface area contributed by atoms with E-state index in [9.17, 15) is 8.78 Å². The highest BCUT2D eigenvalue weighted by Crippen LogP contribution is 2.42. The van der Waals surface area contributed by atoms with Gasteiger partial charge in [-0.15, -0.1) is 0 Å². The van der Waals surface area contributed by atoms with Gasteiger partial charge in [0.15, 0.2) is 11.6 Å². The zero-order valence-corrected chi connectivity index (χ0v) is 24.0. The first-order valence-corrected chi connectivity index (χ1v) is 15.1. The molecule has 1 fully saturated rings. The molecule has 3 aromatic carbocycles. The maximum Gasteiger partial charge on any atom is 0.201 e. The Morgan fingerprint density at radius 1 is 0.810 bits per heavy atom. The first-order chi connectivity index (χ1) is 20.5. The summed E-state index contributed by atoms with van der Waals surface area (Å²) in [5.74, 6) is -0.208. The van der Waals surface area contributed by atoms with E-state index in [0.717, 1.165) is 49.3 Å². The lowest BCUT2D eigenvalue weighted by Gasteiger charge is -2.35. The van der Waals surface area contributed by atoms with E-state index < -0.39 is 11.6 Å². The second-order valence-electron chi connectivity index (χ2n) is 11.6. The predicted molar refractivity (Wildman–Crippen MR) is 165 cm³/mol. The van der Waals surface area contributed by atoms with Gasteiger partial charge >= 0.3 is 0 Å². The van der Waals surface area contributed by atoms with E-state index in [-0.39, 0.29) is 23.7 Å². The maximum absolute atomic E-state index is 15.3. The molecule has 0 spiro atoms. The van der Waals surface area contributed by atoms with E-state index in [0.29, 0.717) is 22.6 Å². The molecular formula is C37H39F3O2. The van der Waals surface area contributed by atoms with Crippen molar-refractivity contribution >= 4 is 5.57 Å². The lowest BCUT2D eigenvalue weighted by Crippen LogP contribution is -2.23. The molecule has 0 aromatic heterocycles. The third kappa shape index (κ3) is 6.83. The molecule has 220 valence electrons. The molecule has 3 aromatic rings. The van der Waals surface area contributed by atoms with Crippen LogP contribution in [0.5, 0.6) is 5.75 Å². The number of benzene rings is 3. The number of halogens is 3. The van der Waals surface area contributed by atoms with Crippen molar-refractivity contribution in [2.75, 3.05) is 6.61 Å². The van der Waals surface area contributed by atoms with Gasteiger partial charge in [0.1, 0.15) is 12.4 Å². The van der Waals surface area contributed by atoms with Gasteiger partial charge in [-0.05, 0) is 103 Å². The van der Waals surface area contributed by atoms with Gasteiger partial charge in [0.05, 0.1) is 6.26 Å². The van der Waals surface area contributed by atoms with Crippen molar-refractivity contribution in [1.29, 1.82) is 0 Å². The van der Waals surface area contributed by atoms with Crippen molar-refractivity contribution in [3.8, 4) is 28.0 Å². The zero-order chi connectivity index (χ0) is 29.5. The van der Waals surface area contributed by atoms with E-state index >= 15 is 4.39 Å². The second kappa shape index (κ2) is 14.0. The molecule has 0 aliphatic heterocycles. The molecule has 1 saturated carbocycles. The third-order valence-corrected chi connectivity index (χ3v) is 9.11. The summed E-state index contributed by atoms with van der Waals surface area (Å²) < 4.78 is 49.6. The third-order valence-electron chi connectivity index (χ3n) is 9.11. The van der Waals surface area contributed by atoms with Crippen molar-refractivity contribution in [1.82, 2.24) is 0 Å². The Labute approximate surface area is 247 Å². The minimum atomic E-state index is -1.04. The Kier molecular flexibility index (Phi) is 9.89. The fourth-order valence-corrected chi connectivity index (χ4v) is 6.69. The molecule has 0 saturated heterocycles. The van der Waals surface area contributed by atoms with Crippen LogP contribution in [0.3, 0.4) is 0 Å². The Bertz CT molecular complexity index is 1430. The highest BCUT2D eigenvalue weighted by Gasteiger charge is 2.28. The summed E-state index contributed by atoms with van der Waals surface area (Å²) in [6.45, 7) is 3.60. The Morgan fingerprint density at radius 3 is 2.14 bits per heavy atom. The van der Waals surface area contributed by atoms with Gasteiger partial charge in [-0.2, -0.15) is 4.39 Å². The van der Waals surface area contributed by atoms with Crippen LogP contribution in [0.2, 0.25) is 0 Å². The lowest BCUT2D eigenvalue weighted by molar-refractivity contribution is 0.190. The predicted octanol–water partition coefficient (Wildman–Crippen LogP) is 10.8. The van der Waals surface area contributed by atoms with Crippen LogP contribution in [-0.4, -0.2) is 11.7 Å². The monoisotopic (exact) mass is 572 g/mol. The van der Waals surface area contributed by atoms with Crippen LogP contribution in [-0.2, 0) is 0 Å². The van der Waals surface area contributed by atoms with E-state index in [1.165, 1.54) is 55.9 Å². The largest absolute Gasteiger partial charge is 0.516 e. The lowest BCUT2D eigenvalue weighted by atomic mass is 9.70. The van der Waals surface area contributed by atoms with Gasteiger partial charge in [0, 0.05) is 11.1 Å². The Morgan fingerprint density at radius 2 is 1.50 bits per heavy atom. The van der Waals surface area contributed by atoms with Crippen molar-refractivity contribution in [2.24, 2.45) is 17.8 Å². The molecule has 0 bridgehead atoms. The number of hydrogen-bond donors (Lipinski definition) is 1. The molecule has 1 unspecified atom stereocenters. The van der Waals surface area contributed by atoms with E-state index in [1.54, 1.807) is 30.3 Å². The molecule has 0 radical (unpaired) electrons. The number of allylic oxidation sites excluding steroid dienone is 3. The fourth-order valence-electron chi connectivity index (χ4n) is 6.69. The minimum absolute atomic E-state index is 0.0829. The van der Waals surface area contributed by atoms with Crippen LogP contribution < -0.4 is 4.74 Å². The van der Waals surface area contributed by atoms with Gasteiger partial charge in [-0.25, -0.2) is 8.78 Å². The van der Waals surface area contributed by atoms with Crippen molar-refractivity contribution in [3.63, 3.8) is 0 Å².